The lowest BCUT2D eigenvalue weighted by atomic mass is 10.6. The van der Waals surface area contributed by atoms with Gasteiger partial charge in [0.05, 0.1) is 11.1 Å². The van der Waals surface area contributed by atoms with Crippen molar-refractivity contribution in [3.05, 3.63) is 11.1 Å². The minimum Gasteiger partial charge on any atom is -0.476 e. The summed E-state index contributed by atoms with van der Waals surface area (Å²) in [5.41, 5.74) is 0.282. The lowest BCUT2D eigenvalue weighted by molar-refractivity contribution is -0.129. The number of thioether (sulfide) groups is 1. The van der Waals surface area contributed by atoms with Crippen molar-refractivity contribution in [2.45, 2.75) is 0 Å². The summed E-state index contributed by atoms with van der Waals surface area (Å²) >= 11 is 1.38. The molecule has 0 spiro atoms. The molecule has 1 heterocycles. The second-order valence-corrected chi connectivity index (χ2v) is 4.89. The van der Waals surface area contributed by atoms with E-state index < -0.39 is 20.9 Å². The quantitative estimate of drug-likeness (QED) is 0.730. The van der Waals surface area contributed by atoms with Crippen molar-refractivity contribution in [3.8, 4) is 0 Å². The Morgan fingerprint density at radius 3 is 2.69 bits per heavy atom. The van der Waals surface area contributed by atoms with Crippen molar-refractivity contribution in [2.75, 3.05) is 12.0 Å². The van der Waals surface area contributed by atoms with E-state index in [0.29, 0.717) is 5.75 Å². The molecule has 13 heavy (non-hydrogen) atoms. The highest BCUT2D eigenvalue weighted by Crippen LogP contribution is 2.17. The summed E-state index contributed by atoms with van der Waals surface area (Å²) in [6, 6.07) is 0. The maximum Gasteiger partial charge on any atom is 0.366 e. The molecular weight excluding hydrogens is 214 g/mol. The SMILES string of the molecule is CSCC1=CS(=O)(=O)C(C(=O)O)=N1. The van der Waals surface area contributed by atoms with Gasteiger partial charge in [-0.15, -0.1) is 0 Å². The Labute approximate surface area is 79.5 Å². The number of aliphatic imine (C=N–C) groups is 1. The molecule has 0 bridgehead atoms. The van der Waals surface area contributed by atoms with E-state index >= 15 is 0 Å². The molecule has 5 nitrogen and oxygen atoms in total. The van der Waals surface area contributed by atoms with E-state index in [9.17, 15) is 13.2 Å². The van der Waals surface area contributed by atoms with Gasteiger partial charge in [-0.2, -0.15) is 11.8 Å². The van der Waals surface area contributed by atoms with Gasteiger partial charge in [-0.05, 0) is 6.26 Å². The zero-order valence-corrected chi connectivity index (χ0v) is 8.35. The Hall–Kier alpha value is -0.820. The Kier molecular flexibility index (Phi) is 2.77. The van der Waals surface area contributed by atoms with Crippen LogP contribution in [0.3, 0.4) is 0 Å². The molecule has 0 fully saturated rings. The third kappa shape index (κ3) is 2.10. The number of sulfone groups is 1. The summed E-state index contributed by atoms with van der Waals surface area (Å²) in [4.78, 5) is 13.9. The number of carbonyl (C=O) groups is 1. The number of aliphatic carboxylic acids is 1. The molecule has 1 aliphatic heterocycles. The van der Waals surface area contributed by atoms with Crippen molar-refractivity contribution in [3.63, 3.8) is 0 Å². The second kappa shape index (κ2) is 3.51. The van der Waals surface area contributed by atoms with Crippen LogP contribution < -0.4 is 0 Å². The Balaban J connectivity index is 3.05. The summed E-state index contributed by atoms with van der Waals surface area (Å²) in [5, 5.41) is 8.60. The standard InChI is InChI=1S/C6H7NO4S2/c1-12-2-4-3-13(10,11)5(7-4)6(8)9/h3H,2H2,1H3,(H,8,9). The molecule has 0 saturated heterocycles. The van der Waals surface area contributed by atoms with Gasteiger partial charge in [-0.1, -0.05) is 0 Å². The molecule has 72 valence electrons. The molecule has 0 radical (unpaired) electrons. The van der Waals surface area contributed by atoms with Gasteiger partial charge < -0.3 is 5.11 Å². The van der Waals surface area contributed by atoms with Crippen molar-refractivity contribution in [2.24, 2.45) is 4.99 Å². The van der Waals surface area contributed by atoms with Gasteiger partial charge in [-0.25, -0.2) is 18.2 Å². The number of carboxylic acids is 1. The Bertz CT molecular complexity index is 393. The van der Waals surface area contributed by atoms with Gasteiger partial charge in [-0.3, -0.25) is 0 Å². The van der Waals surface area contributed by atoms with Gasteiger partial charge in [0.2, 0.25) is 14.9 Å². The summed E-state index contributed by atoms with van der Waals surface area (Å²) in [6.07, 6.45) is 1.78. The molecule has 7 heteroatoms. The van der Waals surface area contributed by atoms with Crippen LogP contribution in [-0.4, -0.2) is 36.5 Å². The van der Waals surface area contributed by atoms with Crippen LogP contribution in [0.4, 0.5) is 0 Å². The lowest BCUT2D eigenvalue weighted by Crippen LogP contribution is -2.19. The minimum absolute atomic E-state index is 0.282. The minimum atomic E-state index is -3.78. The lowest BCUT2D eigenvalue weighted by Gasteiger charge is -1.90. The third-order valence-corrected chi connectivity index (χ3v) is 3.25. The van der Waals surface area contributed by atoms with Gasteiger partial charge in [0.25, 0.3) is 0 Å². The molecule has 0 unspecified atom stereocenters. The summed E-state index contributed by atoms with van der Waals surface area (Å²) in [6.45, 7) is 0. The average molecular weight is 221 g/mol. The molecule has 0 aromatic carbocycles. The van der Waals surface area contributed by atoms with Crippen molar-refractivity contribution < 1.29 is 18.3 Å². The Morgan fingerprint density at radius 2 is 2.31 bits per heavy atom. The molecule has 0 aromatic heterocycles. The summed E-state index contributed by atoms with van der Waals surface area (Å²) in [7, 11) is -3.78. The van der Waals surface area contributed by atoms with Crippen LogP contribution in [0.5, 0.6) is 0 Å². The molecule has 1 aliphatic rings. The van der Waals surface area contributed by atoms with Crippen LogP contribution in [0.15, 0.2) is 16.1 Å². The number of hydrogen-bond acceptors (Lipinski definition) is 5. The average Bonchev–Trinajstić information content (AvgIpc) is 2.26. The molecule has 0 amide bonds. The summed E-state index contributed by atoms with van der Waals surface area (Å²) < 4.78 is 22.2. The molecule has 0 aliphatic carbocycles. The van der Waals surface area contributed by atoms with Gasteiger partial charge in [0.1, 0.15) is 0 Å². The molecule has 1 rings (SSSR count). The first-order chi connectivity index (χ1) is 5.97. The molecule has 0 atom stereocenters. The normalized spacial score (nSPS) is 19.5. The predicted molar refractivity (Wildman–Crippen MR) is 50.5 cm³/mol. The van der Waals surface area contributed by atoms with Crippen LogP contribution in [0.25, 0.3) is 0 Å². The highest BCUT2D eigenvalue weighted by molar-refractivity contribution is 8.11. The fraction of sp³-hybridized carbons (Fsp3) is 0.333. The maximum absolute atomic E-state index is 11.1. The zero-order valence-electron chi connectivity index (χ0n) is 6.72. The number of rotatable bonds is 3. The van der Waals surface area contributed by atoms with E-state index in [2.05, 4.69) is 4.99 Å². The molecule has 0 aromatic rings. The second-order valence-electron chi connectivity index (χ2n) is 2.31. The molecule has 0 saturated carbocycles. The van der Waals surface area contributed by atoms with Crippen LogP contribution >= 0.6 is 11.8 Å². The maximum atomic E-state index is 11.1. The summed E-state index contributed by atoms with van der Waals surface area (Å²) in [5.74, 6) is -1.11. The number of carboxylic acid groups (broad SMARTS) is 1. The first kappa shape index (κ1) is 10.3. The van der Waals surface area contributed by atoms with Gasteiger partial charge in [0.15, 0.2) is 0 Å². The smallest absolute Gasteiger partial charge is 0.366 e. The number of hydrogen-bond donors (Lipinski definition) is 1. The van der Waals surface area contributed by atoms with Crippen LogP contribution in [0.1, 0.15) is 0 Å². The fourth-order valence-corrected chi connectivity index (χ4v) is 2.48. The zero-order chi connectivity index (χ0) is 10.1. The van der Waals surface area contributed by atoms with E-state index in [1.54, 1.807) is 6.26 Å². The van der Waals surface area contributed by atoms with Crippen LogP contribution in [0.2, 0.25) is 0 Å². The first-order valence-electron chi connectivity index (χ1n) is 3.24. The van der Waals surface area contributed by atoms with Crippen LogP contribution in [-0.2, 0) is 14.6 Å². The van der Waals surface area contributed by atoms with Crippen molar-refractivity contribution >= 4 is 32.6 Å². The highest BCUT2D eigenvalue weighted by atomic mass is 32.2. The van der Waals surface area contributed by atoms with Gasteiger partial charge >= 0.3 is 5.97 Å². The molecule has 1 N–H and O–H groups in total. The van der Waals surface area contributed by atoms with Crippen LogP contribution in [0, 0.1) is 0 Å². The molecular formula is C6H7NO4S2. The largest absolute Gasteiger partial charge is 0.476 e. The monoisotopic (exact) mass is 221 g/mol. The van der Waals surface area contributed by atoms with E-state index in [0.717, 1.165) is 5.41 Å². The third-order valence-electron chi connectivity index (χ3n) is 1.28. The number of nitrogens with zero attached hydrogens (tertiary/aromatic N) is 1. The van der Waals surface area contributed by atoms with E-state index in [1.807, 2.05) is 0 Å². The van der Waals surface area contributed by atoms with Gasteiger partial charge in [0, 0.05) is 5.75 Å². The highest BCUT2D eigenvalue weighted by Gasteiger charge is 2.30. The topological polar surface area (TPSA) is 83.8 Å². The van der Waals surface area contributed by atoms with E-state index in [4.69, 9.17) is 5.11 Å². The fourth-order valence-electron chi connectivity index (χ4n) is 0.839. The van der Waals surface area contributed by atoms with E-state index in [1.165, 1.54) is 11.8 Å². The Morgan fingerprint density at radius 1 is 1.69 bits per heavy atom. The first-order valence-corrected chi connectivity index (χ1v) is 6.18. The van der Waals surface area contributed by atoms with E-state index in [-0.39, 0.29) is 5.70 Å². The van der Waals surface area contributed by atoms with Crippen molar-refractivity contribution in [1.29, 1.82) is 0 Å². The predicted octanol–water partition coefficient (Wildman–Crippen LogP) is 0.102. The van der Waals surface area contributed by atoms with Crippen molar-refractivity contribution in [1.82, 2.24) is 0 Å².